The summed E-state index contributed by atoms with van der Waals surface area (Å²) in [6.45, 7) is 4.23. The molecular weight excluding hydrogens is 208 g/mol. The third-order valence-electron chi connectivity index (χ3n) is 3.23. The lowest BCUT2D eigenvalue weighted by Gasteiger charge is -2.31. The van der Waals surface area contributed by atoms with Gasteiger partial charge in [-0.3, -0.25) is 9.59 Å². The van der Waals surface area contributed by atoms with Gasteiger partial charge in [0.25, 0.3) is 0 Å². The summed E-state index contributed by atoms with van der Waals surface area (Å²) in [5.74, 6) is 0.515. The molecule has 2 rings (SSSR count). The standard InChI is InChI=1S/C11H18N2O3/c1-8-11(15)13(6-10(14)12-8)4-2-9-3-5-16-7-9/h8-9H,2-7H2,1H3,(H,12,14). The highest BCUT2D eigenvalue weighted by molar-refractivity contribution is 5.94. The second-order valence-electron chi connectivity index (χ2n) is 4.57. The number of hydrogen-bond acceptors (Lipinski definition) is 3. The molecule has 2 unspecified atom stereocenters. The fraction of sp³-hybridized carbons (Fsp3) is 0.818. The van der Waals surface area contributed by atoms with Crippen molar-refractivity contribution >= 4 is 11.8 Å². The summed E-state index contributed by atoms with van der Waals surface area (Å²) in [5, 5.41) is 2.63. The SMILES string of the molecule is CC1NC(=O)CN(CCC2CCOC2)C1=O. The van der Waals surface area contributed by atoms with E-state index in [0.29, 0.717) is 12.5 Å². The third kappa shape index (κ3) is 2.52. The Bertz CT molecular complexity index is 287. The molecule has 2 amide bonds. The van der Waals surface area contributed by atoms with Crippen LogP contribution in [0.2, 0.25) is 0 Å². The Balaban J connectivity index is 1.82. The van der Waals surface area contributed by atoms with Crippen LogP contribution >= 0.6 is 0 Å². The van der Waals surface area contributed by atoms with E-state index in [9.17, 15) is 9.59 Å². The zero-order chi connectivity index (χ0) is 11.5. The maximum absolute atomic E-state index is 11.8. The molecule has 0 saturated carbocycles. The number of nitrogens with zero attached hydrogens (tertiary/aromatic N) is 1. The molecule has 2 fully saturated rings. The van der Waals surface area contributed by atoms with Crippen LogP contribution in [0.4, 0.5) is 0 Å². The average molecular weight is 226 g/mol. The van der Waals surface area contributed by atoms with Gasteiger partial charge in [0.05, 0.1) is 6.54 Å². The highest BCUT2D eigenvalue weighted by Crippen LogP contribution is 2.17. The van der Waals surface area contributed by atoms with Gasteiger partial charge in [0.15, 0.2) is 0 Å². The van der Waals surface area contributed by atoms with Gasteiger partial charge in [-0.25, -0.2) is 0 Å². The van der Waals surface area contributed by atoms with Crippen molar-refractivity contribution < 1.29 is 14.3 Å². The van der Waals surface area contributed by atoms with Crippen molar-refractivity contribution in [3.05, 3.63) is 0 Å². The molecule has 2 atom stereocenters. The molecule has 2 aliphatic rings. The maximum atomic E-state index is 11.8. The predicted molar refractivity (Wildman–Crippen MR) is 57.7 cm³/mol. The first-order chi connectivity index (χ1) is 7.66. The van der Waals surface area contributed by atoms with Gasteiger partial charge in [-0.1, -0.05) is 0 Å². The van der Waals surface area contributed by atoms with Crippen molar-refractivity contribution in [3.8, 4) is 0 Å². The molecule has 90 valence electrons. The number of nitrogens with one attached hydrogen (secondary N) is 1. The van der Waals surface area contributed by atoms with Gasteiger partial charge in [-0.15, -0.1) is 0 Å². The largest absolute Gasteiger partial charge is 0.381 e. The Hall–Kier alpha value is -1.10. The fourth-order valence-corrected chi connectivity index (χ4v) is 2.21. The van der Waals surface area contributed by atoms with Crippen molar-refractivity contribution in [3.63, 3.8) is 0 Å². The molecule has 16 heavy (non-hydrogen) atoms. The molecule has 2 heterocycles. The van der Waals surface area contributed by atoms with E-state index in [1.165, 1.54) is 0 Å². The van der Waals surface area contributed by atoms with Crippen molar-refractivity contribution in [1.29, 1.82) is 0 Å². The maximum Gasteiger partial charge on any atom is 0.245 e. The summed E-state index contributed by atoms with van der Waals surface area (Å²) in [4.78, 5) is 24.7. The lowest BCUT2D eigenvalue weighted by molar-refractivity contribution is -0.143. The molecule has 2 aliphatic heterocycles. The predicted octanol–water partition coefficient (Wildman–Crippen LogP) is -0.240. The Morgan fingerprint density at radius 1 is 1.50 bits per heavy atom. The molecule has 0 bridgehead atoms. The third-order valence-corrected chi connectivity index (χ3v) is 3.23. The number of piperazine rings is 1. The van der Waals surface area contributed by atoms with Crippen LogP contribution in [0.25, 0.3) is 0 Å². The van der Waals surface area contributed by atoms with Crippen molar-refractivity contribution in [2.24, 2.45) is 5.92 Å². The molecule has 1 N–H and O–H groups in total. The molecule has 0 aromatic rings. The van der Waals surface area contributed by atoms with E-state index in [1.807, 2.05) is 0 Å². The molecule has 5 nitrogen and oxygen atoms in total. The van der Waals surface area contributed by atoms with Crippen LogP contribution < -0.4 is 5.32 Å². The van der Waals surface area contributed by atoms with Crippen LogP contribution in [0.3, 0.4) is 0 Å². The molecule has 0 aromatic carbocycles. The smallest absolute Gasteiger partial charge is 0.245 e. The molecule has 0 aliphatic carbocycles. The summed E-state index contributed by atoms with van der Waals surface area (Å²) in [5.41, 5.74) is 0. The van der Waals surface area contributed by atoms with Crippen molar-refractivity contribution in [1.82, 2.24) is 10.2 Å². The molecule has 0 radical (unpaired) electrons. The van der Waals surface area contributed by atoms with Gasteiger partial charge in [0.1, 0.15) is 6.04 Å². The van der Waals surface area contributed by atoms with E-state index in [0.717, 1.165) is 26.1 Å². The van der Waals surface area contributed by atoms with Crippen LogP contribution in [-0.2, 0) is 14.3 Å². The number of amides is 2. The quantitative estimate of drug-likeness (QED) is 0.722. The van der Waals surface area contributed by atoms with E-state index in [-0.39, 0.29) is 24.4 Å². The topological polar surface area (TPSA) is 58.6 Å². The first-order valence-corrected chi connectivity index (χ1v) is 5.82. The minimum Gasteiger partial charge on any atom is -0.381 e. The minimum absolute atomic E-state index is 0.0264. The van der Waals surface area contributed by atoms with Crippen LogP contribution in [-0.4, -0.2) is 49.1 Å². The van der Waals surface area contributed by atoms with Gasteiger partial charge in [-0.2, -0.15) is 0 Å². The molecular formula is C11H18N2O3. The van der Waals surface area contributed by atoms with Crippen molar-refractivity contribution in [2.45, 2.75) is 25.8 Å². The number of rotatable bonds is 3. The Kier molecular flexibility index (Phi) is 3.43. The second-order valence-corrected chi connectivity index (χ2v) is 4.57. The number of ether oxygens (including phenoxy) is 1. The van der Waals surface area contributed by atoms with E-state index >= 15 is 0 Å². The Morgan fingerprint density at radius 2 is 2.31 bits per heavy atom. The fourth-order valence-electron chi connectivity index (χ4n) is 2.21. The first-order valence-electron chi connectivity index (χ1n) is 5.82. The zero-order valence-electron chi connectivity index (χ0n) is 9.57. The minimum atomic E-state index is -0.374. The van der Waals surface area contributed by atoms with Crippen LogP contribution in [0, 0.1) is 5.92 Å². The number of hydrogen-bond donors (Lipinski definition) is 1. The van der Waals surface area contributed by atoms with Crippen molar-refractivity contribution in [2.75, 3.05) is 26.3 Å². The van der Waals surface area contributed by atoms with Gasteiger partial charge in [0, 0.05) is 19.8 Å². The van der Waals surface area contributed by atoms with Gasteiger partial charge in [0.2, 0.25) is 11.8 Å². The van der Waals surface area contributed by atoms with Crippen LogP contribution in [0.1, 0.15) is 19.8 Å². The lowest BCUT2D eigenvalue weighted by Crippen LogP contribution is -2.57. The Morgan fingerprint density at radius 3 is 3.00 bits per heavy atom. The second kappa shape index (κ2) is 4.82. The van der Waals surface area contributed by atoms with Crippen LogP contribution in [0.5, 0.6) is 0 Å². The Labute approximate surface area is 95.1 Å². The summed E-state index contributed by atoms with van der Waals surface area (Å²) in [6.07, 6.45) is 2.01. The average Bonchev–Trinajstić information content (AvgIpc) is 2.74. The highest BCUT2D eigenvalue weighted by atomic mass is 16.5. The number of carbonyl (C=O) groups is 2. The molecule has 0 aromatic heterocycles. The first kappa shape index (κ1) is 11.4. The summed E-state index contributed by atoms with van der Waals surface area (Å²) < 4.78 is 5.28. The molecule has 0 spiro atoms. The van der Waals surface area contributed by atoms with Gasteiger partial charge >= 0.3 is 0 Å². The van der Waals surface area contributed by atoms with Gasteiger partial charge in [-0.05, 0) is 25.7 Å². The molecule has 5 heteroatoms. The summed E-state index contributed by atoms with van der Waals surface area (Å²) >= 11 is 0. The lowest BCUT2D eigenvalue weighted by atomic mass is 10.0. The zero-order valence-corrected chi connectivity index (χ0v) is 9.57. The normalized spacial score (nSPS) is 30.7. The van der Waals surface area contributed by atoms with E-state index < -0.39 is 0 Å². The van der Waals surface area contributed by atoms with E-state index in [2.05, 4.69) is 5.32 Å². The van der Waals surface area contributed by atoms with Crippen LogP contribution in [0.15, 0.2) is 0 Å². The summed E-state index contributed by atoms with van der Waals surface area (Å²) in [6, 6.07) is -0.374. The number of carbonyl (C=O) groups excluding carboxylic acids is 2. The van der Waals surface area contributed by atoms with E-state index in [1.54, 1.807) is 11.8 Å². The van der Waals surface area contributed by atoms with E-state index in [4.69, 9.17) is 4.74 Å². The highest BCUT2D eigenvalue weighted by Gasteiger charge is 2.29. The summed E-state index contributed by atoms with van der Waals surface area (Å²) in [7, 11) is 0. The molecule has 2 saturated heterocycles. The monoisotopic (exact) mass is 226 g/mol. The van der Waals surface area contributed by atoms with Gasteiger partial charge < -0.3 is 15.0 Å².